The first-order valence-electron chi connectivity index (χ1n) is 7.73. The van der Waals surface area contributed by atoms with E-state index in [2.05, 4.69) is 17.6 Å². The lowest BCUT2D eigenvalue weighted by atomic mass is 9.99. The lowest BCUT2D eigenvalue weighted by molar-refractivity contribution is -0.118. The predicted molar refractivity (Wildman–Crippen MR) is 85.0 cm³/mol. The fraction of sp³-hybridized carbons (Fsp3) is 0.588. The van der Waals surface area contributed by atoms with Crippen molar-refractivity contribution in [1.29, 1.82) is 0 Å². The van der Waals surface area contributed by atoms with Crippen molar-refractivity contribution in [3.8, 4) is 0 Å². The van der Waals surface area contributed by atoms with Crippen molar-refractivity contribution >= 4 is 17.3 Å². The van der Waals surface area contributed by atoms with Crippen molar-refractivity contribution in [3.05, 3.63) is 24.3 Å². The molecule has 0 spiro atoms. The third-order valence-corrected chi connectivity index (χ3v) is 4.18. The largest absolute Gasteiger partial charge is 0.382 e. The Morgan fingerprint density at radius 1 is 1.05 bits per heavy atom. The van der Waals surface area contributed by atoms with Gasteiger partial charge in [0.2, 0.25) is 5.91 Å². The number of hydrogen-bond acceptors (Lipinski definition) is 2. The lowest BCUT2D eigenvalue weighted by Crippen LogP contribution is -2.23. The van der Waals surface area contributed by atoms with Crippen molar-refractivity contribution in [2.24, 2.45) is 11.8 Å². The molecule has 2 N–H and O–H groups in total. The predicted octanol–water partition coefficient (Wildman–Crippen LogP) is 4.27. The van der Waals surface area contributed by atoms with E-state index in [0.29, 0.717) is 6.04 Å². The third-order valence-electron chi connectivity index (χ3n) is 4.18. The molecule has 0 saturated heterocycles. The molecule has 1 aromatic rings. The van der Waals surface area contributed by atoms with E-state index in [-0.39, 0.29) is 11.8 Å². The third kappa shape index (κ3) is 3.99. The minimum atomic E-state index is 0.00944. The summed E-state index contributed by atoms with van der Waals surface area (Å²) in [5.74, 6) is 0.871. The summed E-state index contributed by atoms with van der Waals surface area (Å²) in [4.78, 5) is 11.6. The molecule has 0 bridgehead atoms. The number of hydrogen-bond donors (Lipinski definition) is 2. The Kier molecular flexibility index (Phi) is 5.05. The van der Waals surface area contributed by atoms with Crippen LogP contribution in [0.5, 0.6) is 0 Å². The highest BCUT2D eigenvalue weighted by Crippen LogP contribution is 2.29. The molecule has 0 radical (unpaired) electrons. The van der Waals surface area contributed by atoms with Crippen LogP contribution in [0.2, 0.25) is 0 Å². The monoisotopic (exact) mass is 274 g/mol. The summed E-state index contributed by atoms with van der Waals surface area (Å²) in [7, 11) is 0. The minimum Gasteiger partial charge on any atom is -0.382 e. The van der Waals surface area contributed by atoms with Gasteiger partial charge >= 0.3 is 0 Å². The molecule has 1 atom stereocenters. The molecule has 2 rings (SSSR count). The van der Waals surface area contributed by atoms with Crippen LogP contribution in [0.25, 0.3) is 0 Å². The van der Waals surface area contributed by atoms with E-state index < -0.39 is 0 Å². The first-order chi connectivity index (χ1) is 9.56. The summed E-state index contributed by atoms with van der Waals surface area (Å²) in [5.41, 5.74) is 2.00. The summed E-state index contributed by atoms with van der Waals surface area (Å²) in [6.45, 7) is 6.06. The highest BCUT2D eigenvalue weighted by Gasteiger charge is 2.21. The van der Waals surface area contributed by atoms with Crippen molar-refractivity contribution in [3.63, 3.8) is 0 Å². The molecule has 0 aromatic heterocycles. The molecular weight excluding hydrogens is 248 g/mol. The average Bonchev–Trinajstić information content (AvgIpc) is 2.95. The van der Waals surface area contributed by atoms with E-state index in [1.54, 1.807) is 0 Å². The zero-order valence-electron chi connectivity index (χ0n) is 12.8. The molecule has 1 unspecified atom stereocenters. The second kappa shape index (κ2) is 6.78. The Morgan fingerprint density at radius 2 is 1.60 bits per heavy atom. The molecule has 0 aliphatic heterocycles. The molecule has 1 aliphatic carbocycles. The van der Waals surface area contributed by atoms with Crippen LogP contribution in [0.3, 0.4) is 0 Å². The van der Waals surface area contributed by atoms with Gasteiger partial charge in [0.15, 0.2) is 0 Å². The van der Waals surface area contributed by atoms with Crippen LogP contribution in [0.1, 0.15) is 46.5 Å². The maximum Gasteiger partial charge on any atom is 0.226 e. The Morgan fingerprint density at radius 3 is 2.15 bits per heavy atom. The van der Waals surface area contributed by atoms with Gasteiger partial charge in [0.1, 0.15) is 0 Å². The van der Waals surface area contributed by atoms with Crippen molar-refractivity contribution < 1.29 is 4.79 Å². The van der Waals surface area contributed by atoms with Crippen LogP contribution in [0, 0.1) is 11.8 Å². The van der Waals surface area contributed by atoms with Crippen LogP contribution in [-0.4, -0.2) is 11.9 Å². The molecule has 1 saturated carbocycles. The van der Waals surface area contributed by atoms with E-state index >= 15 is 0 Å². The van der Waals surface area contributed by atoms with Gasteiger partial charge in [-0.25, -0.2) is 0 Å². The van der Waals surface area contributed by atoms with Crippen LogP contribution >= 0.6 is 0 Å². The Hall–Kier alpha value is -1.51. The minimum absolute atomic E-state index is 0.00944. The summed E-state index contributed by atoms with van der Waals surface area (Å²) in [6.07, 6.45) is 5.43. The van der Waals surface area contributed by atoms with Crippen molar-refractivity contribution in [1.82, 2.24) is 0 Å². The summed E-state index contributed by atoms with van der Waals surface area (Å²) >= 11 is 0. The summed E-state index contributed by atoms with van der Waals surface area (Å²) in [5, 5.41) is 6.48. The zero-order chi connectivity index (χ0) is 14.5. The molecule has 1 amide bonds. The number of anilines is 2. The number of benzene rings is 1. The summed E-state index contributed by atoms with van der Waals surface area (Å²) in [6, 6.07) is 8.53. The molecule has 3 nitrogen and oxygen atoms in total. The first-order valence-corrected chi connectivity index (χ1v) is 7.73. The number of carbonyl (C=O) groups is 1. The van der Waals surface area contributed by atoms with E-state index in [4.69, 9.17) is 0 Å². The van der Waals surface area contributed by atoms with E-state index in [9.17, 15) is 4.79 Å². The number of carbonyl (C=O) groups excluding carboxylic acids is 1. The van der Waals surface area contributed by atoms with E-state index in [0.717, 1.165) is 17.3 Å². The number of rotatable bonds is 5. The van der Waals surface area contributed by atoms with Gasteiger partial charge in [-0.15, -0.1) is 0 Å². The zero-order valence-corrected chi connectivity index (χ0v) is 12.8. The second-order valence-electron chi connectivity index (χ2n) is 6.20. The van der Waals surface area contributed by atoms with Gasteiger partial charge in [-0.3, -0.25) is 4.79 Å². The maximum absolute atomic E-state index is 11.6. The molecule has 1 fully saturated rings. The van der Waals surface area contributed by atoms with Crippen LogP contribution in [0.15, 0.2) is 24.3 Å². The fourth-order valence-electron chi connectivity index (χ4n) is 2.77. The quantitative estimate of drug-likeness (QED) is 0.841. The van der Waals surface area contributed by atoms with Crippen molar-refractivity contribution in [2.75, 3.05) is 10.6 Å². The van der Waals surface area contributed by atoms with E-state index in [1.807, 2.05) is 38.1 Å². The van der Waals surface area contributed by atoms with Gasteiger partial charge in [0.05, 0.1) is 0 Å². The Labute approximate surface area is 122 Å². The number of amides is 1. The Balaban J connectivity index is 1.89. The normalized spacial score (nSPS) is 17.2. The number of nitrogens with one attached hydrogen (secondary N) is 2. The fourth-order valence-corrected chi connectivity index (χ4v) is 2.77. The van der Waals surface area contributed by atoms with E-state index in [1.165, 1.54) is 25.7 Å². The van der Waals surface area contributed by atoms with Gasteiger partial charge in [-0.1, -0.05) is 26.7 Å². The molecule has 3 heteroatoms. The van der Waals surface area contributed by atoms with Crippen LogP contribution in [-0.2, 0) is 4.79 Å². The molecule has 110 valence electrons. The molecule has 1 aliphatic rings. The van der Waals surface area contributed by atoms with Crippen LogP contribution < -0.4 is 10.6 Å². The molecule has 1 aromatic carbocycles. The average molecular weight is 274 g/mol. The highest BCUT2D eigenvalue weighted by molar-refractivity contribution is 5.92. The Bertz CT molecular complexity index is 433. The lowest BCUT2D eigenvalue weighted by Gasteiger charge is -2.21. The smallest absolute Gasteiger partial charge is 0.226 e. The molecule has 0 heterocycles. The maximum atomic E-state index is 11.6. The van der Waals surface area contributed by atoms with Gasteiger partial charge in [0, 0.05) is 23.3 Å². The first kappa shape index (κ1) is 14.9. The SMILES string of the molecule is CC(C)C(=O)Nc1ccc(NC(C)C2CCCC2)cc1. The van der Waals surface area contributed by atoms with Gasteiger partial charge in [0.25, 0.3) is 0 Å². The summed E-state index contributed by atoms with van der Waals surface area (Å²) < 4.78 is 0. The second-order valence-corrected chi connectivity index (χ2v) is 6.20. The molecular formula is C17H26N2O. The standard InChI is InChI=1S/C17H26N2O/c1-12(2)17(20)19-16-10-8-15(9-11-16)18-13(3)14-6-4-5-7-14/h8-14,18H,4-7H2,1-3H3,(H,19,20). The highest BCUT2D eigenvalue weighted by atomic mass is 16.1. The van der Waals surface area contributed by atoms with Gasteiger partial charge in [-0.2, -0.15) is 0 Å². The van der Waals surface area contributed by atoms with Crippen molar-refractivity contribution in [2.45, 2.75) is 52.5 Å². The molecule has 20 heavy (non-hydrogen) atoms. The topological polar surface area (TPSA) is 41.1 Å². The van der Waals surface area contributed by atoms with Crippen LogP contribution in [0.4, 0.5) is 11.4 Å². The van der Waals surface area contributed by atoms with Gasteiger partial charge in [-0.05, 0) is 49.9 Å². The van der Waals surface area contributed by atoms with Gasteiger partial charge < -0.3 is 10.6 Å².